The van der Waals surface area contributed by atoms with Gasteiger partial charge < -0.3 is 19.4 Å². The molecule has 0 aliphatic carbocycles. The van der Waals surface area contributed by atoms with Crippen molar-refractivity contribution in [2.75, 3.05) is 19.9 Å². The first-order valence-electron chi connectivity index (χ1n) is 10.8. The molecule has 0 bridgehead atoms. The fourth-order valence-corrected chi connectivity index (χ4v) is 4.42. The number of nitrogens with zero attached hydrogens (tertiary/aromatic N) is 5. The van der Waals surface area contributed by atoms with Gasteiger partial charge in [0.15, 0.2) is 11.5 Å². The molecular formula is C21H26ClN7O3. The van der Waals surface area contributed by atoms with Crippen LogP contribution >= 0.6 is 11.8 Å². The van der Waals surface area contributed by atoms with Gasteiger partial charge in [-0.2, -0.15) is 0 Å². The van der Waals surface area contributed by atoms with E-state index in [1.807, 2.05) is 40.3 Å². The fourth-order valence-electron chi connectivity index (χ4n) is 4.22. The molecule has 1 saturated heterocycles. The van der Waals surface area contributed by atoms with Crippen molar-refractivity contribution in [3.05, 3.63) is 48.7 Å². The van der Waals surface area contributed by atoms with Crippen LogP contribution in [-0.4, -0.2) is 56.0 Å². The van der Waals surface area contributed by atoms with Crippen LogP contribution in [0.2, 0.25) is 0 Å². The van der Waals surface area contributed by atoms with Crippen molar-refractivity contribution in [3.63, 3.8) is 0 Å². The van der Waals surface area contributed by atoms with Crippen molar-refractivity contribution < 1.29 is 14.3 Å². The number of amides is 1. The summed E-state index contributed by atoms with van der Waals surface area (Å²) in [5.41, 5.74) is 5.11. The van der Waals surface area contributed by atoms with E-state index < -0.39 is 0 Å². The van der Waals surface area contributed by atoms with Gasteiger partial charge in [0.2, 0.25) is 12.7 Å². The van der Waals surface area contributed by atoms with Crippen LogP contribution in [0.3, 0.4) is 0 Å². The number of piperidine rings is 1. The molecule has 1 aromatic heterocycles. The summed E-state index contributed by atoms with van der Waals surface area (Å²) in [6.45, 7) is 2.04. The number of carbonyl (C=O) groups is 1. The van der Waals surface area contributed by atoms with E-state index in [0.717, 1.165) is 48.6 Å². The summed E-state index contributed by atoms with van der Waals surface area (Å²) < 4.78 is 14.2. The molecule has 1 fully saturated rings. The number of fused-ring (bicyclic) bond motifs is 1. The van der Waals surface area contributed by atoms with Gasteiger partial charge in [-0.1, -0.05) is 12.5 Å². The normalized spacial score (nSPS) is 21.5. The third-order valence-corrected chi connectivity index (χ3v) is 6.03. The number of benzene rings is 1. The zero-order valence-electron chi connectivity index (χ0n) is 17.6. The Labute approximate surface area is 191 Å². The summed E-state index contributed by atoms with van der Waals surface area (Å²) >= 11 is 6.33. The molecule has 1 atom stereocenters. The van der Waals surface area contributed by atoms with Gasteiger partial charge in [0.25, 0.3) is 0 Å². The summed E-state index contributed by atoms with van der Waals surface area (Å²) in [5, 5.41) is 7.10. The second-order valence-corrected chi connectivity index (χ2v) is 8.44. The van der Waals surface area contributed by atoms with Gasteiger partial charge in [0.1, 0.15) is 0 Å². The predicted octanol–water partition coefficient (Wildman–Crippen LogP) is 2.08. The van der Waals surface area contributed by atoms with Crippen molar-refractivity contribution in [3.8, 4) is 11.5 Å². The molecule has 0 radical (unpaired) electrons. The highest BCUT2D eigenvalue weighted by molar-refractivity contribution is 6.13. The molecule has 5 rings (SSSR count). The van der Waals surface area contributed by atoms with Crippen molar-refractivity contribution in [1.82, 2.24) is 35.1 Å². The van der Waals surface area contributed by atoms with E-state index in [-0.39, 0.29) is 18.7 Å². The summed E-state index contributed by atoms with van der Waals surface area (Å²) in [6, 6.07) is 5.79. The molecule has 10 nitrogen and oxygen atoms in total. The highest BCUT2D eigenvalue weighted by Crippen LogP contribution is 2.32. The minimum absolute atomic E-state index is 0.0121. The summed E-state index contributed by atoms with van der Waals surface area (Å²) in [5.74, 6) is 1.47. The first-order valence-corrected chi connectivity index (χ1v) is 11.1. The smallest absolute Gasteiger partial charge is 0.231 e. The number of hydrazine groups is 3. The van der Waals surface area contributed by atoms with E-state index in [4.69, 9.17) is 21.3 Å². The Hall–Kier alpha value is -2.79. The van der Waals surface area contributed by atoms with Gasteiger partial charge in [0.05, 0.1) is 24.8 Å². The fraction of sp³-hybridized carbons (Fsp3) is 0.429. The third-order valence-electron chi connectivity index (χ3n) is 5.84. The van der Waals surface area contributed by atoms with E-state index >= 15 is 0 Å². The molecule has 2 aromatic rings. The van der Waals surface area contributed by atoms with Crippen molar-refractivity contribution in [2.24, 2.45) is 0 Å². The van der Waals surface area contributed by atoms with Gasteiger partial charge in [-0.05, 0) is 42.3 Å². The van der Waals surface area contributed by atoms with Crippen LogP contribution in [0.5, 0.6) is 11.5 Å². The Morgan fingerprint density at radius 3 is 3.06 bits per heavy atom. The zero-order valence-corrected chi connectivity index (χ0v) is 18.4. The highest BCUT2D eigenvalue weighted by atomic mass is 35.5. The molecule has 4 heterocycles. The van der Waals surface area contributed by atoms with Gasteiger partial charge in [-0.25, -0.2) is 15.1 Å². The molecule has 170 valence electrons. The van der Waals surface area contributed by atoms with Gasteiger partial charge >= 0.3 is 0 Å². The van der Waals surface area contributed by atoms with Crippen LogP contribution in [0.4, 0.5) is 0 Å². The molecule has 3 aliphatic rings. The topological polar surface area (TPSA) is 87.1 Å². The van der Waals surface area contributed by atoms with Crippen LogP contribution < -0.4 is 20.3 Å². The first kappa shape index (κ1) is 21.1. The van der Waals surface area contributed by atoms with E-state index in [0.29, 0.717) is 19.5 Å². The van der Waals surface area contributed by atoms with Gasteiger partial charge in [0, 0.05) is 37.9 Å². The molecule has 1 aromatic carbocycles. The summed E-state index contributed by atoms with van der Waals surface area (Å²) in [4.78, 5) is 16.9. The van der Waals surface area contributed by atoms with E-state index in [1.54, 1.807) is 12.5 Å². The lowest BCUT2D eigenvalue weighted by Crippen LogP contribution is -2.60. The maximum atomic E-state index is 12.8. The second-order valence-electron chi connectivity index (χ2n) is 8.04. The minimum Gasteiger partial charge on any atom is -0.454 e. The van der Waals surface area contributed by atoms with Gasteiger partial charge in [-0.15, -0.1) is 10.1 Å². The lowest BCUT2D eigenvalue weighted by molar-refractivity contribution is -0.134. The number of carbonyl (C=O) groups excluding carboxylic acids is 1. The van der Waals surface area contributed by atoms with Crippen molar-refractivity contribution in [1.29, 1.82) is 0 Å². The quantitative estimate of drug-likeness (QED) is 0.635. The maximum absolute atomic E-state index is 12.8. The van der Waals surface area contributed by atoms with Crippen molar-refractivity contribution >= 4 is 23.4 Å². The molecule has 1 unspecified atom stereocenters. The number of hydrogen-bond acceptors (Lipinski definition) is 8. The molecule has 2 N–H and O–H groups in total. The largest absolute Gasteiger partial charge is 0.454 e. The predicted molar refractivity (Wildman–Crippen MR) is 117 cm³/mol. The molecule has 1 amide bonds. The summed E-state index contributed by atoms with van der Waals surface area (Å²) in [6.07, 6.45) is 10.9. The number of imidazole rings is 1. The van der Waals surface area contributed by atoms with E-state index in [9.17, 15) is 4.79 Å². The SMILES string of the molecule is O=C(CC1CCCCN1N1C=C(n2ccnc2)CN(Cl)N1)NCc1ccc2c(c1)OCO2. The molecule has 0 spiro atoms. The standard InChI is InChI=1S/C21H26ClN7O3/c22-28-12-18(26-8-6-23-14-26)13-29(25-28)27-7-2-1-3-17(27)10-21(30)24-11-16-4-5-19-20(9-16)32-15-31-19/h4-6,8-9,13-14,17,25H,1-3,7,10-12,15H2,(H,24,30). The highest BCUT2D eigenvalue weighted by Gasteiger charge is 2.31. The van der Waals surface area contributed by atoms with Crippen LogP contribution in [0.1, 0.15) is 31.2 Å². The van der Waals surface area contributed by atoms with Crippen LogP contribution in [0.25, 0.3) is 5.70 Å². The van der Waals surface area contributed by atoms with Crippen LogP contribution in [0, 0.1) is 0 Å². The molecule has 0 saturated carbocycles. The number of nitrogens with one attached hydrogen (secondary N) is 2. The average molecular weight is 460 g/mol. The lowest BCUT2D eigenvalue weighted by Gasteiger charge is -2.45. The summed E-state index contributed by atoms with van der Waals surface area (Å²) in [7, 11) is 0. The Kier molecular flexibility index (Phi) is 6.17. The number of aromatic nitrogens is 2. The molecule has 3 aliphatic heterocycles. The number of hydrogen-bond donors (Lipinski definition) is 2. The minimum atomic E-state index is 0.0121. The second kappa shape index (κ2) is 9.37. The Balaban J connectivity index is 1.22. The average Bonchev–Trinajstić information content (AvgIpc) is 3.49. The monoisotopic (exact) mass is 459 g/mol. The Bertz CT molecular complexity index is 984. The van der Waals surface area contributed by atoms with Gasteiger partial charge in [-0.3, -0.25) is 4.79 Å². The molecule has 32 heavy (non-hydrogen) atoms. The number of halogens is 1. The van der Waals surface area contributed by atoms with E-state index in [2.05, 4.69) is 20.8 Å². The zero-order chi connectivity index (χ0) is 21.9. The Morgan fingerprint density at radius 2 is 2.19 bits per heavy atom. The molecular weight excluding hydrogens is 434 g/mol. The van der Waals surface area contributed by atoms with Crippen LogP contribution in [0.15, 0.2) is 43.1 Å². The molecule has 11 heteroatoms. The van der Waals surface area contributed by atoms with Crippen molar-refractivity contribution in [2.45, 2.75) is 38.3 Å². The lowest BCUT2D eigenvalue weighted by atomic mass is 10.0. The number of ether oxygens (including phenoxy) is 2. The maximum Gasteiger partial charge on any atom is 0.231 e. The number of rotatable bonds is 6. The Morgan fingerprint density at radius 1 is 1.28 bits per heavy atom. The van der Waals surface area contributed by atoms with E-state index in [1.165, 1.54) is 4.53 Å². The first-order chi connectivity index (χ1) is 15.7. The van der Waals surface area contributed by atoms with Crippen LogP contribution in [-0.2, 0) is 11.3 Å². The third kappa shape index (κ3) is 4.68.